The summed E-state index contributed by atoms with van der Waals surface area (Å²) in [4.78, 5) is 6.02. The summed E-state index contributed by atoms with van der Waals surface area (Å²) in [5.41, 5.74) is 5.02. The van der Waals surface area contributed by atoms with E-state index in [0.29, 0.717) is 11.9 Å². The van der Waals surface area contributed by atoms with Crippen LogP contribution in [0, 0.1) is 5.92 Å². The molecule has 1 aliphatic heterocycles. The lowest BCUT2D eigenvalue weighted by Gasteiger charge is -2.31. The standard InChI is InChI=1S/C13H20F3N5.HI/c1-9-3-5-21(6-4-9)12(17)18-7-10-8-20(2)19-11(10)13(14,15)16;/h8-9H,3-7H2,1-2H3,(H2,17,18);1H. The maximum Gasteiger partial charge on any atom is 0.435 e. The molecule has 2 heterocycles. The van der Waals surface area contributed by atoms with Crippen LogP contribution in [0.25, 0.3) is 0 Å². The van der Waals surface area contributed by atoms with Gasteiger partial charge in [-0.05, 0) is 18.8 Å². The number of piperidine rings is 1. The van der Waals surface area contributed by atoms with Crippen LogP contribution in [0.3, 0.4) is 0 Å². The van der Waals surface area contributed by atoms with Gasteiger partial charge in [0, 0.05) is 31.9 Å². The smallest absolute Gasteiger partial charge is 0.370 e. The summed E-state index contributed by atoms with van der Waals surface area (Å²) in [6.45, 7) is 3.67. The Bertz CT molecular complexity index is 518. The molecule has 0 aliphatic carbocycles. The molecule has 0 spiro atoms. The van der Waals surface area contributed by atoms with Crippen molar-refractivity contribution in [2.24, 2.45) is 23.7 Å². The second-order valence-electron chi connectivity index (χ2n) is 5.52. The first-order chi connectivity index (χ1) is 9.77. The zero-order valence-corrected chi connectivity index (χ0v) is 14.9. The third-order valence-corrected chi connectivity index (χ3v) is 3.69. The third-order valence-electron chi connectivity index (χ3n) is 3.69. The van der Waals surface area contributed by atoms with Gasteiger partial charge < -0.3 is 10.6 Å². The fraction of sp³-hybridized carbons (Fsp3) is 0.692. The van der Waals surface area contributed by atoms with E-state index < -0.39 is 11.9 Å². The van der Waals surface area contributed by atoms with Gasteiger partial charge in [0.05, 0.1) is 6.54 Å². The van der Waals surface area contributed by atoms with Crippen molar-refractivity contribution >= 4 is 29.9 Å². The van der Waals surface area contributed by atoms with Gasteiger partial charge >= 0.3 is 6.18 Å². The number of guanidine groups is 1. The molecule has 0 unspecified atom stereocenters. The molecule has 1 aromatic rings. The van der Waals surface area contributed by atoms with Crippen molar-refractivity contribution in [2.75, 3.05) is 13.1 Å². The van der Waals surface area contributed by atoms with Crippen molar-refractivity contribution < 1.29 is 13.2 Å². The molecule has 9 heteroatoms. The van der Waals surface area contributed by atoms with E-state index in [9.17, 15) is 13.2 Å². The zero-order chi connectivity index (χ0) is 15.6. The highest BCUT2D eigenvalue weighted by Crippen LogP contribution is 2.30. The number of aromatic nitrogens is 2. The van der Waals surface area contributed by atoms with Crippen LogP contribution in [-0.2, 0) is 19.8 Å². The molecule has 0 aromatic carbocycles. The second kappa shape index (κ2) is 7.51. The summed E-state index contributed by atoms with van der Waals surface area (Å²) in [5.74, 6) is 0.961. The van der Waals surface area contributed by atoms with E-state index in [2.05, 4.69) is 17.0 Å². The number of likely N-dealkylation sites (tertiary alicyclic amines) is 1. The van der Waals surface area contributed by atoms with Crippen molar-refractivity contribution in [2.45, 2.75) is 32.5 Å². The summed E-state index contributed by atoms with van der Waals surface area (Å²) in [6.07, 6.45) is -1.09. The van der Waals surface area contributed by atoms with Crippen LogP contribution in [0.2, 0.25) is 0 Å². The van der Waals surface area contributed by atoms with Crippen molar-refractivity contribution in [1.82, 2.24) is 14.7 Å². The second-order valence-corrected chi connectivity index (χ2v) is 5.52. The minimum absolute atomic E-state index is 0. The van der Waals surface area contributed by atoms with Gasteiger partial charge in [0.25, 0.3) is 0 Å². The third kappa shape index (κ3) is 4.75. The molecule has 0 atom stereocenters. The molecule has 0 bridgehead atoms. The first kappa shape index (κ1) is 19.0. The summed E-state index contributed by atoms with van der Waals surface area (Å²) in [6, 6.07) is 0. The maximum absolute atomic E-state index is 12.8. The normalized spacial score (nSPS) is 17.5. The molecule has 1 saturated heterocycles. The van der Waals surface area contributed by atoms with Crippen LogP contribution in [0.1, 0.15) is 31.0 Å². The largest absolute Gasteiger partial charge is 0.435 e. The van der Waals surface area contributed by atoms with E-state index in [4.69, 9.17) is 5.73 Å². The number of aryl methyl sites for hydroxylation is 1. The first-order valence-electron chi connectivity index (χ1n) is 6.92. The molecular formula is C13H21F3IN5. The van der Waals surface area contributed by atoms with Crippen LogP contribution < -0.4 is 5.73 Å². The summed E-state index contributed by atoms with van der Waals surface area (Å²) in [5, 5.41) is 3.45. The molecule has 22 heavy (non-hydrogen) atoms. The Balaban J connectivity index is 0.00000242. The minimum Gasteiger partial charge on any atom is -0.370 e. The number of halogens is 4. The molecular weight excluding hydrogens is 410 g/mol. The van der Waals surface area contributed by atoms with Gasteiger partial charge in [-0.25, -0.2) is 4.99 Å². The van der Waals surface area contributed by atoms with Crippen molar-refractivity contribution in [1.29, 1.82) is 0 Å². The number of aliphatic imine (C=N–C) groups is 1. The van der Waals surface area contributed by atoms with Crippen LogP contribution in [0.5, 0.6) is 0 Å². The van der Waals surface area contributed by atoms with Gasteiger partial charge in [0.15, 0.2) is 11.7 Å². The summed E-state index contributed by atoms with van der Waals surface area (Å²) < 4.78 is 39.6. The van der Waals surface area contributed by atoms with E-state index in [1.807, 2.05) is 4.90 Å². The van der Waals surface area contributed by atoms with Crippen LogP contribution in [0.4, 0.5) is 13.2 Å². The highest BCUT2D eigenvalue weighted by Gasteiger charge is 2.36. The van der Waals surface area contributed by atoms with E-state index in [1.54, 1.807) is 0 Å². The lowest BCUT2D eigenvalue weighted by molar-refractivity contribution is -0.142. The average molecular weight is 431 g/mol. The van der Waals surface area contributed by atoms with E-state index in [1.165, 1.54) is 13.2 Å². The average Bonchev–Trinajstić information content (AvgIpc) is 2.78. The van der Waals surface area contributed by atoms with E-state index in [-0.39, 0.29) is 36.1 Å². The molecule has 2 rings (SSSR count). The molecule has 5 nitrogen and oxygen atoms in total. The predicted molar refractivity (Wildman–Crippen MR) is 88.9 cm³/mol. The highest BCUT2D eigenvalue weighted by atomic mass is 127. The van der Waals surface area contributed by atoms with Gasteiger partial charge in [0.2, 0.25) is 0 Å². The molecule has 0 saturated carbocycles. The Morgan fingerprint density at radius 2 is 2.00 bits per heavy atom. The molecule has 126 valence electrons. The van der Waals surface area contributed by atoms with Crippen molar-refractivity contribution in [3.8, 4) is 0 Å². The minimum atomic E-state index is -4.47. The molecule has 0 amide bonds. The number of rotatable bonds is 2. The van der Waals surface area contributed by atoms with Gasteiger partial charge in [-0.3, -0.25) is 4.68 Å². The molecule has 1 fully saturated rings. The Morgan fingerprint density at radius 1 is 1.41 bits per heavy atom. The Hall–Kier alpha value is -1.00. The number of hydrogen-bond acceptors (Lipinski definition) is 2. The molecule has 2 N–H and O–H groups in total. The zero-order valence-electron chi connectivity index (χ0n) is 12.6. The van der Waals surface area contributed by atoms with Gasteiger partial charge in [-0.1, -0.05) is 6.92 Å². The maximum atomic E-state index is 12.8. The predicted octanol–water partition coefficient (Wildman–Crippen LogP) is 2.60. The van der Waals surface area contributed by atoms with Gasteiger partial charge in [0.1, 0.15) is 0 Å². The lowest BCUT2D eigenvalue weighted by Crippen LogP contribution is -2.42. The fourth-order valence-electron chi connectivity index (χ4n) is 2.40. The molecule has 0 radical (unpaired) electrons. The monoisotopic (exact) mass is 431 g/mol. The summed E-state index contributed by atoms with van der Waals surface area (Å²) in [7, 11) is 1.46. The van der Waals surface area contributed by atoms with Gasteiger partial charge in [-0.2, -0.15) is 18.3 Å². The quantitative estimate of drug-likeness (QED) is 0.445. The number of alkyl halides is 3. The topological polar surface area (TPSA) is 59.4 Å². The van der Waals surface area contributed by atoms with Crippen molar-refractivity contribution in [3.63, 3.8) is 0 Å². The Morgan fingerprint density at radius 3 is 2.55 bits per heavy atom. The first-order valence-corrected chi connectivity index (χ1v) is 6.92. The van der Waals surface area contributed by atoms with Crippen LogP contribution in [-0.4, -0.2) is 33.7 Å². The van der Waals surface area contributed by atoms with Crippen molar-refractivity contribution in [3.05, 3.63) is 17.5 Å². The van der Waals surface area contributed by atoms with Crippen LogP contribution >= 0.6 is 24.0 Å². The SMILES string of the molecule is CC1CCN(C(N)=NCc2cn(C)nc2C(F)(F)F)CC1.I. The summed E-state index contributed by atoms with van der Waals surface area (Å²) >= 11 is 0. The van der Waals surface area contributed by atoms with E-state index in [0.717, 1.165) is 30.6 Å². The lowest BCUT2D eigenvalue weighted by atomic mass is 10.00. The number of nitrogens with zero attached hydrogens (tertiary/aromatic N) is 4. The number of nitrogens with two attached hydrogens (primary N) is 1. The fourth-order valence-corrected chi connectivity index (χ4v) is 2.40. The molecule has 1 aromatic heterocycles. The highest BCUT2D eigenvalue weighted by molar-refractivity contribution is 14.0. The number of hydrogen-bond donors (Lipinski definition) is 1. The Labute approximate surface area is 144 Å². The molecule has 1 aliphatic rings. The van der Waals surface area contributed by atoms with Crippen LogP contribution in [0.15, 0.2) is 11.2 Å². The Kier molecular flexibility index (Phi) is 6.50. The van der Waals surface area contributed by atoms with Gasteiger partial charge in [-0.15, -0.1) is 24.0 Å². The van der Waals surface area contributed by atoms with E-state index >= 15 is 0 Å².